The van der Waals surface area contributed by atoms with Gasteiger partial charge < -0.3 is 5.11 Å². The SMILES string of the molecule is CC(F)(F)C(O)c1cc(Cl)c(Br)s1. The summed E-state index contributed by atoms with van der Waals surface area (Å²) in [7, 11) is 0. The molecule has 0 spiro atoms. The number of halogens is 4. The summed E-state index contributed by atoms with van der Waals surface area (Å²) in [5, 5.41) is 9.51. The highest BCUT2D eigenvalue weighted by molar-refractivity contribution is 9.11. The first-order chi connectivity index (χ1) is 5.82. The molecule has 0 radical (unpaired) electrons. The molecule has 0 saturated carbocycles. The van der Waals surface area contributed by atoms with Crippen molar-refractivity contribution >= 4 is 38.9 Å². The summed E-state index contributed by atoms with van der Waals surface area (Å²) in [5.41, 5.74) is 0. The van der Waals surface area contributed by atoms with Crippen molar-refractivity contribution in [2.45, 2.75) is 19.0 Å². The molecule has 1 nitrogen and oxygen atoms in total. The second-order valence-electron chi connectivity index (χ2n) is 2.63. The third kappa shape index (κ3) is 2.62. The normalized spacial score (nSPS) is 14.6. The van der Waals surface area contributed by atoms with Crippen LogP contribution in [0, 0.1) is 0 Å². The van der Waals surface area contributed by atoms with E-state index in [0.29, 0.717) is 15.7 Å². The number of aliphatic hydroxyl groups is 1. The van der Waals surface area contributed by atoms with Gasteiger partial charge in [-0.15, -0.1) is 11.3 Å². The summed E-state index contributed by atoms with van der Waals surface area (Å²) in [6.45, 7) is 0.666. The molecular formula is C7H6BrClF2OS. The Kier molecular flexibility index (Phi) is 3.33. The standard InChI is InChI=1S/C7H6BrClF2OS/c1-7(10,11)5(12)4-2-3(9)6(8)13-4/h2,5,12H,1H3. The van der Waals surface area contributed by atoms with Gasteiger partial charge in [-0.2, -0.15) is 0 Å². The summed E-state index contributed by atoms with van der Waals surface area (Å²) in [4.78, 5) is 0.157. The van der Waals surface area contributed by atoms with Crippen LogP contribution >= 0.6 is 38.9 Å². The average Bonchev–Trinajstić information content (AvgIpc) is 2.29. The molecule has 0 aromatic carbocycles. The fraction of sp³-hybridized carbons (Fsp3) is 0.429. The topological polar surface area (TPSA) is 20.2 Å². The minimum absolute atomic E-state index is 0.157. The molecule has 0 fully saturated rings. The van der Waals surface area contributed by atoms with Crippen LogP contribution in [0.3, 0.4) is 0 Å². The zero-order valence-electron chi connectivity index (χ0n) is 6.52. The van der Waals surface area contributed by atoms with Gasteiger partial charge in [-0.3, -0.25) is 0 Å². The van der Waals surface area contributed by atoms with E-state index in [1.807, 2.05) is 0 Å². The van der Waals surface area contributed by atoms with Gasteiger partial charge in [0, 0.05) is 11.8 Å². The highest BCUT2D eigenvalue weighted by Gasteiger charge is 2.35. The second kappa shape index (κ2) is 3.81. The number of hydrogen-bond acceptors (Lipinski definition) is 2. The van der Waals surface area contributed by atoms with Crippen LogP contribution in [0.1, 0.15) is 17.9 Å². The number of rotatable bonds is 2. The lowest BCUT2D eigenvalue weighted by molar-refractivity contribution is -0.0938. The van der Waals surface area contributed by atoms with Gasteiger partial charge >= 0.3 is 0 Å². The second-order valence-corrected chi connectivity index (χ2v) is 5.44. The molecule has 0 aliphatic carbocycles. The van der Waals surface area contributed by atoms with Crippen molar-refractivity contribution in [3.05, 3.63) is 19.8 Å². The fourth-order valence-electron chi connectivity index (χ4n) is 0.748. The van der Waals surface area contributed by atoms with E-state index in [1.54, 1.807) is 0 Å². The molecule has 0 aliphatic rings. The van der Waals surface area contributed by atoms with Crippen molar-refractivity contribution in [1.29, 1.82) is 0 Å². The molecule has 13 heavy (non-hydrogen) atoms. The van der Waals surface area contributed by atoms with Crippen LogP contribution in [0.25, 0.3) is 0 Å². The molecule has 1 heterocycles. The molecule has 1 unspecified atom stereocenters. The molecule has 0 bridgehead atoms. The van der Waals surface area contributed by atoms with Crippen molar-refractivity contribution in [3.8, 4) is 0 Å². The lowest BCUT2D eigenvalue weighted by atomic mass is 10.2. The Morgan fingerprint density at radius 1 is 1.69 bits per heavy atom. The largest absolute Gasteiger partial charge is 0.381 e. The van der Waals surface area contributed by atoms with Crippen LogP contribution in [-0.4, -0.2) is 11.0 Å². The van der Waals surface area contributed by atoms with Crippen molar-refractivity contribution in [3.63, 3.8) is 0 Å². The van der Waals surface area contributed by atoms with Gasteiger partial charge in [0.1, 0.15) is 0 Å². The van der Waals surface area contributed by atoms with Crippen LogP contribution < -0.4 is 0 Å². The molecule has 1 N–H and O–H groups in total. The molecule has 0 aliphatic heterocycles. The number of aliphatic hydroxyl groups excluding tert-OH is 1. The van der Waals surface area contributed by atoms with E-state index in [-0.39, 0.29) is 4.88 Å². The van der Waals surface area contributed by atoms with Crippen molar-refractivity contribution < 1.29 is 13.9 Å². The predicted octanol–water partition coefficient (Wildman–Crippen LogP) is 3.85. The monoisotopic (exact) mass is 290 g/mol. The zero-order valence-corrected chi connectivity index (χ0v) is 9.68. The van der Waals surface area contributed by atoms with Crippen LogP contribution in [-0.2, 0) is 0 Å². The van der Waals surface area contributed by atoms with Crippen LogP contribution in [0.15, 0.2) is 9.85 Å². The van der Waals surface area contributed by atoms with Gasteiger partial charge in [0.2, 0.25) is 0 Å². The van der Waals surface area contributed by atoms with Gasteiger partial charge in [-0.05, 0) is 22.0 Å². The molecule has 1 aromatic rings. The van der Waals surface area contributed by atoms with Crippen molar-refractivity contribution in [2.24, 2.45) is 0 Å². The van der Waals surface area contributed by atoms with E-state index in [0.717, 1.165) is 11.3 Å². The van der Waals surface area contributed by atoms with Gasteiger partial charge in [0.25, 0.3) is 5.92 Å². The Balaban J connectivity index is 2.96. The highest BCUT2D eigenvalue weighted by Crippen LogP contribution is 2.40. The Morgan fingerprint density at radius 3 is 2.54 bits per heavy atom. The molecule has 1 atom stereocenters. The van der Waals surface area contributed by atoms with E-state index in [2.05, 4.69) is 15.9 Å². The first-order valence-corrected chi connectivity index (χ1v) is 5.31. The van der Waals surface area contributed by atoms with Crippen molar-refractivity contribution in [2.75, 3.05) is 0 Å². The third-order valence-corrected chi connectivity index (χ3v) is 3.94. The Morgan fingerprint density at radius 2 is 2.23 bits per heavy atom. The van der Waals surface area contributed by atoms with E-state index >= 15 is 0 Å². The zero-order chi connectivity index (χ0) is 10.2. The first-order valence-electron chi connectivity index (χ1n) is 3.33. The quantitative estimate of drug-likeness (QED) is 0.877. The number of thiophene rings is 1. The Labute approximate surface area is 91.5 Å². The number of hydrogen-bond donors (Lipinski definition) is 1. The van der Waals surface area contributed by atoms with E-state index < -0.39 is 12.0 Å². The van der Waals surface area contributed by atoms with Crippen LogP contribution in [0.4, 0.5) is 8.78 Å². The van der Waals surface area contributed by atoms with Crippen molar-refractivity contribution in [1.82, 2.24) is 0 Å². The van der Waals surface area contributed by atoms with Crippen LogP contribution in [0.5, 0.6) is 0 Å². The van der Waals surface area contributed by atoms with E-state index in [4.69, 9.17) is 11.6 Å². The summed E-state index contributed by atoms with van der Waals surface area (Å²) >= 11 is 9.72. The lowest BCUT2D eigenvalue weighted by Gasteiger charge is -2.15. The molecule has 1 rings (SSSR count). The maximum absolute atomic E-state index is 12.6. The Bertz CT molecular complexity index is 290. The van der Waals surface area contributed by atoms with Crippen LogP contribution in [0.2, 0.25) is 5.02 Å². The van der Waals surface area contributed by atoms with Gasteiger partial charge in [0.05, 0.1) is 8.81 Å². The average molecular weight is 292 g/mol. The van der Waals surface area contributed by atoms with E-state index in [9.17, 15) is 13.9 Å². The van der Waals surface area contributed by atoms with E-state index in [1.165, 1.54) is 6.07 Å². The maximum Gasteiger partial charge on any atom is 0.275 e. The molecule has 0 amide bonds. The fourth-order valence-corrected chi connectivity index (χ4v) is 2.58. The summed E-state index contributed by atoms with van der Waals surface area (Å²) in [5.74, 6) is -3.15. The van der Waals surface area contributed by atoms with Gasteiger partial charge in [-0.1, -0.05) is 11.6 Å². The summed E-state index contributed by atoms with van der Waals surface area (Å²) in [6, 6.07) is 1.33. The first kappa shape index (κ1) is 11.4. The smallest absolute Gasteiger partial charge is 0.275 e. The minimum Gasteiger partial charge on any atom is -0.381 e. The molecule has 1 aromatic heterocycles. The lowest BCUT2D eigenvalue weighted by Crippen LogP contribution is -2.20. The van der Waals surface area contributed by atoms with Gasteiger partial charge in [0.15, 0.2) is 6.10 Å². The molecule has 74 valence electrons. The summed E-state index contributed by atoms with van der Waals surface area (Å²) < 4.78 is 25.8. The molecular weight excluding hydrogens is 285 g/mol. The number of alkyl halides is 2. The Hall–Kier alpha value is 0.290. The van der Waals surface area contributed by atoms with Gasteiger partial charge in [-0.25, -0.2) is 8.78 Å². The highest BCUT2D eigenvalue weighted by atomic mass is 79.9. The predicted molar refractivity (Wildman–Crippen MR) is 52.6 cm³/mol. The third-order valence-electron chi connectivity index (χ3n) is 1.41. The summed E-state index contributed by atoms with van der Waals surface area (Å²) in [6.07, 6.45) is -1.79. The minimum atomic E-state index is -3.15. The molecule has 0 saturated heterocycles. The maximum atomic E-state index is 12.6. The molecule has 6 heteroatoms.